The van der Waals surface area contributed by atoms with Crippen LogP contribution in [0.2, 0.25) is 0 Å². The van der Waals surface area contributed by atoms with Crippen molar-refractivity contribution in [2.75, 3.05) is 13.1 Å². The smallest absolute Gasteiger partial charge is 0.407 e. The lowest BCUT2D eigenvalue weighted by Crippen LogP contribution is -2.54. The Morgan fingerprint density at radius 3 is 2.61 bits per heavy atom. The molecule has 0 radical (unpaired) electrons. The third kappa shape index (κ3) is 6.20. The lowest BCUT2D eigenvalue weighted by atomic mass is 9.93. The standard InChI is InChI=1S/C22H29N5O5S/c23-21(24)25-12-5-8-18(20(28)19-9-3-4-13-27(19)22(29)30)26-33(31,32)17-11-10-15-6-1-2-7-16(15)14-17/h1-2,6-7,10-11,14,18-19,26H,3-5,8-9,12-13H2,(H,29,30)(H4,23,24,25). The van der Waals surface area contributed by atoms with Gasteiger partial charge in [-0.2, -0.15) is 0 Å². The molecular weight excluding hydrogens is 446 g/mol. The number of Topliss-reactive ketones (excluding diaryl/α,β-unsaturated/α-hetero) is 1. The summed E-state index contributed by atoms with van der Waals surface area (Å²) in [7, 11) is -4.05. The van der Waals surface area contributed by atoms with Crippen LogP contribution in [0.4, 0.5) is 4.79 Å². The van der Waals surface area contributed by atoms with Crippen LogP contribution in [0.5, 0.6) is 0 Å². The number of guanidine groups is 1. The van der Waals surface area contributed by atoms with E-state index >= 15 is 0 Å². The van der Waals surface area contributed by atoms with E-state index in [0.29, 0.717) is 25.7 Å². The third-order valence-electron chi connectivity index (χ3n) is 5.73. The Kier molecular flexibility index (Phi) is 7.88. The molecule has 10 nitrogen and oxygen atoms in total. The summed E-state index contributed by atoms with van der Waals surface area (Å²) in [6, 6.07) is 10.1. The molecule has 1 saturated heterocycles. The zero-order valence-corrected chi connectivity index (χ0v) is 19.0. The van der Waals surface area contributed by atoms with Crippen LogP contribution in [-0.4, -0.2) is 61.4 Å². The molecule has 178 valence electrons. The first-order valence-electron chi connectivity index (χ1n) is 10.8. The second-order valence-electron chi connectivity index (χ2n) is 8.06. The van der Waals surface area contributed by atoms with E-state index in [9.17, 15) is 23.1 Å². The molecule has 1 aliphatic heterocycles. The molecule has 0 saturated carbocycles. The quantitative estimate of drug-likeness (QED) is 0.210. The number of piperidine rings is 1. The Bertz CT molecular complexity index is 1140. The Morgan fingerprint density at radius 2 is 1.91 bits per heavy atom. The molecule has 0 aromatic heterocycles. The van der Waals surface area contributed by atoms with Gasteiger partial charge in [-0.15, -0.1) is 0 Å². The van der Waals surface area contributed by atoms with E-state index in [-0.39, 0.29) is 30.4 Å². The molecule has 2 aromatic rings. The maximum Gasteiger partial charge on any atom is 0.407 e. The van der Waals surface area contributed by atoms with Crippen molar-refractivity contribution in [3.05, 3.63) is 42.5 Å². The lowest BCUT2D eigenvalue weighted by molar-refractivity contribution is -0.126. The highest BCUT2D eigenvalue weighted by molar-refractivity contribution is 7.89. The second kappa shape index (κ2) is 10.6. The predicted molar refractivity (Wildman–Crippen MR) is 125 cm³/mol. The monoisotopic (exact) mass is 475 g/mol. The summed E-state index contributed by atoms with van der Waals surface area (Å²) < 4.78 is 28.8. The van der Waals surface area contributed by atoms with E-state index < -0.39 is 34.0 Å². The summed E-state index contributed by atoms with van der Waals surface area (Å²) in [5.74, 6) is -0.691. The van der Waals surface area contributed by atoms with Crippen molar-refractivity contribution in [1.82, 2.24) is 14.9 Å². The first kappa shape index (κ1) is 24.5. The fourth-order valence-electron chi connectivity index (χ4n) is 4.07. The molecule has 2 atom stereocenters. The number of ketones is 1. The lowest BCUT2D eigenvalue weighted by Gasteiger charge is -2.34. The number of nitrogens with two attached hydrogens (primary N) is 1. The van der Waals surface area contributed by atoms with Gasteiger partial charge < -0.3 is 16.2 Å². The van der Waals surface area contributed by atoms with E-state index in [2.05, 4.69) is 10.0 Å². The summed E-state index contributed by atoms with van der Waals surface area (Å²) >= 11 is 0. The zero-order chi connectivity index (χ0) is 24.0. The average molecular weight is 476 g/mol. The van der Waals surface area contributed by atoms with Crippen LogP contribution < -0.4 is 15.8 Å². The molecule has 0 bridgehead atoms. The molecule has 2 unspecified atom stereocenters. The summed E-state index contributed by atoms with van der Waals surface area (Å²) in [6.45, 7) is 0.520. The van der Waals surface area contributed by atoms with Crippen molar-refractivity contribution >= 4 is 38.6 Å². The van der Waals surface area contributed by atoms with Gasteiger partial charge in [-0.25, -0.2) is 17.9 Å². The van der Waals surface area contributed by atoms with Crippen molar-refractivity contribution in [3.8, 4) is 0 Å². The number of rotatable bonds is 9. The molecular formula is C22H29N5O5S. The highest BCUT2D eigenvalue weighted by Gasteiger charge is 2.37. The summed E-state index contributed by atoms with van der Waals surface area (Å²) in [6.07, 6.45) is 1.00. The average Bonchev–Trinajstić information content (AvgIpc) is 2.80. The summed E-state index contributed by atoms with van der Waals surface area (Å²) in [4.78, 5) is 26.1. The number of nitrogens with one attached hydrogen (secondary N) is 3. The van der Waals surface area contributed by atoms with E-state index in [0.717, 1.165) is 15.7 Å². The number of nitrogens with zero attached hydrogens (tertiary/aromatic N) is 1. The van der Waals surface area contributed by atoms with Gasteiger partial charge in [-0.3, -0.25) is 15.1 Å². The molecule has 2 aromatic carbocycles. The largest absolute Gasteiger partial charge is 0.465 e. The number of carboxylic acid groups (broad SMARTS) is 1. The van der Waals surface area contributed by atoms with Crippen molar-refractivity contribution in [2.24, 2.45) is 5.73 Å². The number of carbonyl (C=O) groups excluding carboxylic acids is 1. The van der Waals surface area contributed by atoms with Crippen molar-refractivity contribution in [2.45, 2.75) is 49.1 Å². The Labute approximate surface area is 192 Å². The van der Waals surface area contributed by atoms with E-state index in [1.165, 1.54) is 6.07 Å². The minimum absolute atomic E-state index is 0.0274. The Hall–Kier alpha value is -3.18. The Balaban J connectivity index is 1.84. The van der Waals surface area contributed by atoms with Crippen molar-refractivity contribution < 1.29 is 23.1 Å². The number of sulfonamides is 1. The minimum atomic E-state index is -4.05. The summed E-state index contributed by atoms with van der Waals surface area (Å²) in [5.41, 5.74) is 5.28. The molecule has 1 aliphatic rings. The highest BCUT2D eigenvalue weighted by atomic mass is 32.2. The van der Waals surface area contributed by atoms with Crippen LogP contribution in [-0.2, 0) is 14.8 Å². The molecule has 3 rings (SSSR count). The molecule has 6 N–H and O–H groups in total. The summed E-state index contributed by atoms with van der Waals surface area (Å²) in [5, 5.41) is 21.0. The molecule has 1 fully saturated rings. The predicted octanol–water partition coefficient (Wildman–Crippen LogP) is 1.85. The van der Waals surface area contributed by atoms with Gasteiger partial charge in [-0.05, 0) is 55.0 Å². The molecule has 11 heteroatoms. The maximum absolute atomic E-state index is 13.3. The van der Waals surface area contributed by atoms with Crippen molar-refractivity contribution in [1.29, 1.82) is 5.41 Å². The van der Waals surface area contributed by atoms with Gasteiger partial charge in [0.25, 0.3) is 0 Å². The van der Waals surface area contributed by atoms with Gasteiger partial charge in [0.15, 0.2) is 11.7 Å². The van der Waals surface area contributed by atoms with Gasteiger partial charge in [0.05, 0.1) is 17.0 Å². The van der Waals surface area contributed by atoms with Crippen LogP contribution in [0.15, 0.2) is 47.4 Å². The van der Waals surface area contributed by atoms with E-state index in [1.54, 1.807) is 18.2 Å². The van der Waals surface area contributed by atoms with E-state index in [4.69, 9.17) is 11.1 Å². The number of benzene rings is 2. The van der Waals surface area contributed by atoms with Gasteiger partial charge in [0.2, 0.25) is 10.0 Å². The first-order chi connectivity index (χ1) is 15.7. The van der Waals surface area contributed by atoms with Crippen molar-refractivity contribution in [3.63, 3.8) is 0 Å². The number of likely N-dealkylation sites (tertiary alicyclic amines) is 1. The number of amides is 1. The van der Waals surface area contributed by atoms with Crippen LogP contribution in [0.25, 0.3) is 10.8 Å². The van der Waals surface area contributed by atoms with Gasteiger partial charge in [0.1, 0.15) is 0 Å². The Morgan fingerprint density at radius 1 is 1.18 bits per heavy atom. The van der Waals surface area contributed by atoms with Crippen LogP contribution >= 0.6 is 0 Å². The highest BCUT2D eigenvalue weighted by Crippen LogP contribution is 2.23. The molecule has 1 amide bonds. The normalized spacial score (nSPS) is 17.5. The van der Waals surface area contributed by atoms with Gasteiger partial charge >= 0.3 is 6.09 Å². The number of fused-ring (bicyclic) bond motifs is 1. The maximum atomic E-state index is 13.3. The zero-order valence-electron chi connectivity index (χ0n) is 18.2. The number of hydrogen-bond donors (Lipinski definition) is 5. The fraction of sp³-hybridized carbons (Fsp3) is 0.409. The van der Waals surface area contributed by atoms with E-state index in [1.807, 2.05) is 18.2 Å². The first-order valence-corrected chi connectivity index (χ1v) is 12.3. The molecule has 1 heterocycles. The van der Waals surface area contributed by atoms with Gasteiger partial charge in [-0.1, -0.05) is 30.3 Å². The topological polar surface area (TPSA) is 166 Å². The third-order valence-corrected chi connectivity index (χ3v) is 7.20. The fourth-order valence-corrected chi connectivity index (χ4v) is 5.34. The van der Waals surface area contributed by atoms with Crippen LogP contribution in [0.3, 0.4) is 0 Å². The molecule has 0 aliphatic carbocycles. The van der Waals surface area contributed by atoms with Crippen LogP contribution in [0.1, 0.15) is 32.1 Å². The number of carbonyl (C=O) groups is 2. The SMILES string of the molecule is N=C(N)NCCCC(NS(=O)(=O)c1ccc2ccccc2c1)C(=O)C1CCCCN1C(=O)O. The van der Waals surface area contributed by atoms with Crippen LogP contribution in [0, 0.1) is 5.41 Å². The molecule has 33 heavy (non-hydrogen) atoms. The minimum Gasteiger partial charge on any atom is -0.465 e. The van der Waals surface area contributed by atoms with Gasteiger partial charge in [0, 0.05) is 13.1 Å². The second-order valence-corrected chi connectivity index (χ2v) is 9.77. The molecule has 0 spiro atoms. The number of hydrogen-bond acceptors (Lipinski definition) is 5.